The lowest BCUT2D eigenvalue weighted by Crippen LogP contribution is -2.28. The van der Waals surface area contributed by atoms with Gasteiger partial charge in [0.1, 0.15) is 0 Å². The van der Waals surface area contributed by atoms with Gasteiger partial charge in [0.25, 0.3) is 0 Å². The van der Waals surface area contributed by atoms with E-state index in [1.54, 1.807) is 0 Å². The average molecular weight is 312 g/mol. The van der Waals surface area contributed by atoms with Crippen LogP contribution in [0.15, 0.2) is 22.7 Å². The number of carbonyl (C=O) groups is 1. The molecule has 18 heavy (non-hydrogen) atoms. The van der Waals surface area contributed by atoms with Crippen molar-refractivity contribution in [1.29, 1.82) is 0 Å². The van der Waals surface area contributed by atoms with Crippen molar-refractivity contribution >= 4 is 27.5 Å². The van der Waals surface area contributed by atoms with Crippen molar-refractivity contribution in [3.05, 3.63) is 28.2 Å². The van der Waals surface area contributed by atoms with Crippen molar-refractivity contribution in [1.82, 2.24) is 10.6 Å². The topological polar surface area (TPSA) is 44.4 Å². The molecule has 1 saturated heterocycles. The minimum atomic E-state index is 0.142. The zero-order chi connectivity index (χ0) is 13.0. The average Bonchev–Trinajstić information content (AvgIpc) is 2.57. The fourth-order valence-corrected chi connectivity index (χ4v) is 2.60. The summed E-state index contributed by atoms with van der Waals surface area (Å²) in [4.78, 5) is 13.6. The second kappa shape index (κ2) is 6.20. The third-order valence-electron chi connectivity index (χ3n) is 3.08. The standard InChI is InChI=1S/C13H18BrN3O/c1-15-9-10-2-3-11(8-12(10)14)17-6-4-13(18)16-5-7-17/h2-3,8,15H,4-7,9H2,1H3,(H,16,18). The molecule has 0 aromatic heterocycles. The molecule has 1 aromatic carbocycles. The predicted molar refractivity (Wildman–Crippen MR) is 76.7 cm³/mol. The van der Waals surface area contributed by atoms with Crippen molar-refractivity contribution in [3.8, 4) is 0 Å². The van der Waals surface area contributed by atoms with Crippen LogP contribution in [-0.4, -0.2) is 32.6 Å². The molecular weight excluding hydrogens is 294 g/mol. The number of anilines is 1. The Labute approximate surface area is 116 Å². The van der Waals surface area contributed by atoms with E-state index in [9.17, 15) is 4.79 Å². The molecule has 0 spiro atoms. The molecule has 5 heteroatoms. The Hall–Kier alpha value is -1.07. The number of hydrogen-bond acceptors (Lipinski definition) is 3. The number of benzene rings is 1. The van der Waals surface area contributed by atoms with Gasteiger partial charge in [-0.25, -0.2) is 0 Å². The fourth-order valence-electron chi connectivity index (χ4n) is 2.09. The van der Waals surface area contributed by atoms with Gasteiger partial charge in [-0.3, -0.25) is 4.79 Å². The summed E-state index contributed by atoms with van der Waals surface area (Å²) < 4.78 is 1.11. The highest BCUT2D eigenvalue weighted by Gasteiger charge is 2.14. The number of halogens is 1. The molecule has 0 atom stereocenters. The van der Waals surface area contributed by atoms with E-state index in [2.05, 4.69) is 49.7 Å². The van der Waals surface area contributed by atoms with Crippen molar-refractivity contribution in [2.75, 3.05) is 31.6 Å². The Morgan fingerprint density at radius 1 is 1.44 bits per heavy atom. The zero-order valence-electron chi connectivity index (χ0n) is 10.5. The lowest BCUT2D eigenvalue weighted by atomic mass is 10.2. The largest absolute Gasteiger partial charge is 0.369 e. The summed E-state index contributed by atoms with van der Waals surface area (Å²) in [5.41, 5.74) is 2.41. The van der Waals surface area contributed by atoms with E-state index < -0.39 is 0 Å². The third-order valence-corrected chi connectivity index (χ3v) is 3.82. The first-order valence-corrected chi connectivity index (χ1v) is 6.94. The molecule has 0 bridgehead atoms. The summed E-state index contributed by atoms with van der Waals surface area (Å²) in [5.74, 6) is 0.142. The van der Waals surface area contributed by atoms with Crippen LogP contribution < -0.4 is 15.5 Å². The van der Waals surface area contributed by atoms with Crippen molar-refractivity contribution < 1.29 is 4.79 Å². The van der Waals surface area contributed by atoms with E-state index in [-0.39, 0.29) is 5.91 Å². The van der Waals surface area contributed by atoms with E-state index in [4.69, 9.17) is 0 Å². The van der Waals surface area contributed by atoms with Crippen molar-refractivity contribution in [2.24, 2.45) is 0 Å². The molecule has 98 valence electrons. The molecule has 1 aliphatic rings. The number of rotatable bonds is 3. The number of nitrogens with one attached hydrogen (secondary N) is 2. The van der Waals surface area contributed by atoms with E-state index in [1.807, 2.05) is 7.05 Å². The van der Waals surface area contributed by atoms with Crippen LogP contribution in [0.4, 0.5) is 5.69 Å². The molecule has 0 aliphatic carbocycles. The van der Waals surface area contributed by atoms with Gasteiger partial charge in [0.05, 0.1) is 0 Å². The molecule has 1 heterocycles. The zero-order valence-corrected chi connectivity index (χ0v) is 12.1. The minimum Gasteiger partial charge on any atom is -0.369 e. The van der Waals surface area contributed by atoms with Crippen LogP contribution in [-0.2, 0) is 11.3 Å². The number of carbonyl (C=O) groups excluding carboxylic acids is 1. The van der Waals surface area contributed by atoms with Crippen LogP contribution in [0.2, 0.25) is 0 Å². The number of amides is 1. The molecule has 4 nitrogen and oxygen atoms in total. The molecule has 0 unspecified atom stereocenters. The Bertz CT molecular complexity index is 436. The van der Waals surface area contributed by atoms with Gasteiger partial charge in [-0.15, -0.1) is 0 Å². The maximum Gasteiger partial charge on any atom is 0.221 e. The summed E-state index contributed by atoms with van der Waals surface area (Å²) in [6, 6.07) is 6.37. The number of nitrogens with zero attached hydrogens (tertiary/aromatic N) is 1. The van der Waals surface area contributed by atoms with Gasteiger partial charge in [0.15, 0.2) is 0 Å². The fraction of sp³-hybridized carbons (Fsp3) is 0.462. The summed E-state index contributed by atoms with van der Waals surface area (Å²) in [5, 5.41) is 6.03. The van der Waals surface area contributed by atoms with E-state index in [0.29, 0.717) is 13.0 Å². The summed E-state index contributed by atoms with van der Waals surface area (Å²) >= 11 is 3.60. The lowest BCUT2D eigenvalue weighted by Gasteiger charge is -2.22. The van der Waals surface area contributed by atoms with Gasteiger partial charge in [0, 0.05) is 42.8 Å². The van der Waals surface area contributed by atoms with E-state index in [1.165, 1.54) is 11.3 Å². The van der Waals surface area contributed by atoms with Crippen LogP contribution >= 0.6 is 15.9 Å². The molecule has 1 fully saturated rings. The highest BCUT2D eigenvalue weighted by molar-refractivity contribution is 9.10. The highest BCUT2D eigenvalue weighted by atomic mass is 79.9. The maximum atomic E-state index is 11.3. The first-order valence-electron chi connectivity index (χ1n) is 6.15. The SMILES string of the molecule is CNCc1ccc(N2CCNC(=O)CC2)cc1Br. The molecule has 1 aliphatic heterocycles. The number of hydrogen-bond donors (Lipinski definition) is 2. The Balaban J connectivity index is 2.13. The van der Waals surface area contributed by atoms with E-state index in [0.717, 1.165) is 24.1 Å². The van der Waals surface area contributed by atoms with Gasteiger partial charge >= 0.3 is 0 Å². The summed E-state index contributed by atoms with van der Waals surface area (Å²) in [7, 11) is 1.94. The van der Waals surface area contributed by atoms with Gasteiger partial charge in [0.2, 0.25) is 5.91 Å². The smallest absolute Gasteiger partial charge is 0.221 e. The summed E-state index contributed by atoms with van der Waals surface area (Å²) in [6.07, 6.45) is 0.565. The Morgan fingerprint density at radius 3 is 3.00 bits per heavy atom. The van der Waals surface area contributed by atoms with Crippen molar-refractivity contribution in [3.63, 3.8) is 0 Å². The molecule has 1 aromatic rings. The van der Waals surface area contributed by atoms with Gasteiger partial charge < -0.3 is 15.5 Å². The highest BCUT2D eigenvalue weighted by Crippen LogP contribution is 2.24. The van der Waals surface area contributed by atoms with Gasteiger partial charge in [-0.05, 0) is 24.7 Å². The second-order valence-electron chi connectivity index (χ2n) is 4.39. The molecule has 0 saturated carbocycles. The van der Waals surface area contributed by atoms with E-state index >= 15 is 0 Å². The third kappa shape index (κ3) is 3.23. The second-order valence-corrected chi connectivity index (χ2v) is 5.25. The Morgan fingerprint density at radius 2 is 2.28 bits per heavy atom. The van der Waals surface area contributed by atoms with Gasteiger partial charge in [-0.2, -0.15) is 0 Å². The van der Waals surface area contributed by atoms with Crippen molar-refractivity contribution in [2.45, 2.75) is 13.0 Å². The molecule has 2 N–H and O–H groups in total. The van der Waals surface area contributed by atoms with Crippen LogP contribution in [0.25, 0.3) is 0 Å². The molecule has 1 amide bonds. The summed E-state index contributed by atoms with van der Waals surface area (Å²) in [6.45, 7) is 3.21. The monoisotopic (exact) mass is 311 g/mol. The first kappa shape index (κ1) is 13.4. The predicted octanol–water partition coefficient (Wildman–Crippen LogP) is 1.49. The molecule has 2 rings (SSSR count). The van der Waals surface area contributed by atoms with Gasteiger partial charge in [-0.1, -0.05) is 22.0 Å². The first-order chi connectivity index (χ1) is 8.70. The van der Waals surface area contributed by atoms with Crippen LogP contribution in [0.1, 0.15) is 12.0 Å². The van der Waals surface area contributed by atoms with Crippen LogP contribution in [0, 0.1) is 0 Å². The Kier molecular flexibility index (Phi) is 4.60. The quantitative estimate of drug-likeness (QED) is 0.889. The maximum absolute atomic E-state index is 11.3. The van der Waals surface area contributed by atoms with Crippen LogP contribution in [0.5, 0.6) is 0 Å². The normalized spacial score (nSPS) is 16.3. The molecule has 0 radical (unpaired) electrons. The lowest BCUT2D eigenvalue weighted by molar-refractivity contribution is -0.120. The minimum absolute atomic E-state index is 0.142. The molecular formula is C13H18BrN3O. The van der Waals surface area contributed by atoms with Crippen LogP contribution in [0.3, 0.4) is 0 Å².